The number of rotatable bonds is 3. The molecule has 92 valence electrons. The van der Waals surface area contributed by atoms with Crippen LogP contribution in [0.15, 0.2) is 24.3 Å². The molecule has 0 spiro atoms. The largest absolute Gasteiger partial charge is 0.508 e. The number of phenols is 1. The van der Waals surface area contributed by atoms with Gasteiger partial charge >= 0.3 is 5.97 Å². The highest BCUT2D eigenvalue weighted by Gasteiger charge is 2.25. The number of nitrogens with zero attached hydrogens (tertiary/aromatic N) is 1. The Morgan fingerprint density at radius 1 is 1.41 bits per heavy atom. The van der Waals surface area contributed by atoms with Crippen LogP contribution in [0.1, 0.15) is 5.56 Å². The number of ether oxygens (including phenoxy) is 1. The molecule has 1 fully saturated rings. The molecule has 5 nitrogen and oxygen atoms in total. The van der Waals surface area contributed by atoms with E-state index in [1.807, 2.05) is 17.0 Å². The van der Waals surface area contributed by atoms with Crippen molar-refractivity contribution in [2.24, 2.45) is 0 Å². The van der Waals surface area contributed by atoms with Crippen molar-refractivity contribution in [2.45, 2.75) is 12.6 Å². The van der Waals surface area contributed by atoms with Crippen LogP contribution < -0.4 is 0 Å². The first kappa shape index (κ1) is 11.9. The summed E-state index contributed by atoms with van der Waals surface area (Å²) in [5, 5.41) is 18.0. The van der Waals surface area contributed by atoms with Crippen molar-refractivity contribution < 1.29 is 19.7 Å². The molecule has 0 bridgehead atoms. The van der Waals surface area contributed by atoms with Gasteiger partial charge in [-0.2, -0.15) is 0 Å². The van der Waals surface area contributed by atoms with Gasteiger partial charge < -0.3 is 14.9 Å². The highest BCUT2D eigenvalue weighted by Crippen LogP contribution is 2.14. The Bertz CT molecular complexity index is 390. The molecule has 1 atom stereocenters. The Morgan fingerprint density at radius 3 is 2.76 bits per heavy atom. The average Bonchev–Trinajstić information content (AvgIpc) is 2.32. The summed E-state index contributed by atoms with van der Waals surface area (Å²) >= 11 is 0. The summed E-state index contributed by atoms with van der Waals surface area (Å²) in [6, 6.07) is 6.93. The standard InChI is InChI=1S/C12H15NO4/c14-10-3-1-9(2-4-10)7-13-5-6-17-11(8-13)12(15)16/h1-4,11,14H,5-8H2,(H,15,16). The maximum atomic E-state index is 10.8. The number of morpholine rings is 1. The van der Waals surface area contributed by atoms with Crippen molar-refractivity contribution >= 4 is 5.97 Å². The quantitative estimate of drug-likeness (QED) is 0.809. The SMILES string of the molecule is O=C(O)C1CN(Cc2ccc(O)cc2)CCO1. The molecule has 0 amide bonds. The Labute approximate surface area is 99.2 Å². The minimum Gasteiger partial charge on any atom is -0.508 e. The number of aliphatic carboxylic acids is 1. The fourth-order valence-electron chi connectivity index (χ4n) is 1.86. The minimum atomic E-state index is -0.916. The lowest BCUT2D eigenvalue weighted by atomic mass is 10.2. The van der Waals surface area contributed by atoms with Gasteiger partial charge in [0.1, 0.15) is 5.75 Å². The third-order valence-corrected chi connectivity index (χ3v) is 2.77. The van der Waals surface area contributed by atoms with Gasteiger partial charge in [0.05, 0.1) is 6.61 Å². The van der Waals surface area contributed by atoms with Gasteiger partial charge in [-0.3, -0.25) is 4.90 Å². The number of hydrogen-bond acceptors (Lipinski definition) is 4. The first-order chi connectivity index (χ1) is 8.15. The van der Waals surface area contributed by atoms with Crippen LogP contribution in [0, 0.1) is 0 Å². The zero-order valence-electron chi connectivity index (χ0n) is 9.37. The van der Waals surface area contributed by atoms with Crippen LogP contribution in [0.3, 0.4) is 0 Å². The summed E-state index contributed by atoms with van der Waals surface area (Å²) in [5.41, 5.74) is 1.05. The molecule has 0 aliphatic carbocycles. The second kappa shape index (κ2) is 5.16. The van der Waals surface area contributed by atoms with E-state index in [-0.39, 0.29) is 5.75 Å². The molecule has 17 heavy (non-hydrogen) atoms. The molecule has 1 unspecified atom stereocenters. The Kier molecular flexibility index (Phi) is 3.61. The van der Waals surface area contributed by atoms with E-state index in [4.69, 9.17) is 14.9 Å². The Morgan fingerprint density at radius 2 is 2.12 bits per heavy atom. The van der Waals surface area contributed by atoms with E-state index < -0.39 is 12.1 Å². The van der Waals surface area contributed by atoms with E-state index in [2.05, 4.69) is 0 Å². The van der Waals surface area contributed by atoms with Crippen molar-refractivity contribution in [2.75, 3.05) is 19.7 Å². The van der Waals surface area contributed by atoms with E-state index in [0.717, 1.165) is 12.1 Å². The molecule has 0 aromatic heterocycles. The third kappa shape index (κ3) is 3.18. The van der Waals surface area contributed by atoms with Crippen molar-refractivity contribution in [1.82, 2.24) is 4.90 Å². The van der Waals surface area contributed by atoms with Gasteiger partial charge in [0.2, 0.25) is 0 Å². The molecule has 1 heterocycles. The molecule has 0 radical (unpaired) electrons. The normalized spacial score (nSPS) is 21.3. The van der Waals surface area contributed by atoms with Gasteiger partial charge in [-0.1, -0.05) is 12.1 Å². The third-order valence-electron chi connectivity index (χ3n) is 2.77. The van der Waals surface area contributed by atoms with Crippen molar-refractivity contribution in [3.8, 4) is 5.75 Å². The van der Waals surface area contributed by atoms with Crippen LogP contribution in [-0.4, -0.2) is 46.9 Å². The second-order valence-corrected chi connectivity index (χ2v) is 4.10. The fourth-order valence-corrected chi connectivity index (χ4v) is 1.86. The zero-order valence-corrected chi connectivity index (χ0v) is 9.37. The summed E-state index contributed by atoms with van der Waals surface area (Å²) in [6.07, 6.45) is -0.735. The second-order valence-electron chi connectivity index (χ2n) is 4.10. The Balaban J connectivity index is 1.94. The van der Waals surface area contributed by atoms with E-state index in [1.54, 1.807) is 12.1 Å². The van der Waals surface area contributed by atoms with Crippen molar-refractivity contribution in [3.05, 3.63) is 29.8 Å². The molecule has 2 N–H and O–H groups in total. The van der Waals surface area contributed by atoms with Crippen LogP contribution in [-0.2, 0) is 16.1 Å². The monoisotopic (exact) mass is 237 g/mol. The lowest BCUT2D eigenvalue weighted by Crippen LogP contribution is -2.45. The van der Waals surface area contributed by atoms with Gasteiger partial charge in [-0.15, -0.1) is 0 Å². The minimum absolute atomic E-state index is 0.235. The topological polar surface area (TPSA) is 70.0 Å². The number of carboxylic acids is 1. The van der Waals surface area contributed by atoms with Gasteiger partial charge in [0.25, 0.3) is 0 Å². The molecular formula is C12H15NO4. The predicted octanol–water partition coefficient (Wildman–Crippen LogP) is 0.678. The first-order valence-electron chi connectivity index (χ1n) is 5.50. The van der Waals surface area contributed by atoms with E-state index in [9.17, 15) is 4.79 Å². The summed E-state index contributed by atoms with van der Waals surface area (Å²) in [5.74, 6) is -0.681. The van der Waals surface area contributed by atoms with E-state index >= 15 is 0 Å². The number of carboxylic acid groups (broad SMARTS) is 1. The highest BCUT2D eigenvalue weighted by molar-refractivity contribution is 5.72. The lowest BCUT2D eigenvalue weighted by Gasteiger charge is -2.30. The molecule has 1 aliphatic rings. The van der Waals surface area contributed by atoms with Crippen LogP contribution in [0.25, 0.3) is 0 Å². The maximum Gasteiger partial charge on any atom is 0.334 e. The van der Waals surface area contributed by atoms with Crippen LogP contribution in [0.4, 0.5) is 0 Å². The fraction of sp³-hybridized carbons (Fsp3) is 0.417. The molecule has 1 aromatic carbocycles. The number of benzene rings is 1. The Hall–Kier alpha value is -1.59. The number of hydrogen-bond donors (Lipinski definition) is 2. The van der Waals surface area contributed by atoms with Gasteiger partial charge in [0, 0.05) is 19.6 Å². The highest BCUT2D eigenvalue weighted by atomic mass is 16.5. The van der Waals surface area contributed by atoms with Crippen molar-refractivity contribution in [3.63, 3.8) is 0 Å². The van der Waals surface area contributed by atoms with Gasteiger partial charge in [0.15, 0.2) is 6.10 Å². The summed E-state index contributed by atoms with van der Waals surface area (Å²) in [7, 11) is 0. The van der Waals surface area contributed by atoms with Crippen molar-refractivity contribution in [1.29, 1.82) is 0 Å². The van der Waals surface area contributed by atoms with E-state index in [0.29, 0.717) is 19.7 Å². The van der Waals surface area contributed by atoms with E-state index in [1.165, 1.54) is 0 Å². The van der Waals surface area contributed by atoms with Crippen LogP contribution in [0.5, 0.6) is 5.75 Å². The first-order valence-corrected chi connectivity index (χ1v) is 5.50. The summed E-state index contributed by atoms with van der Waals surface area (Å²) in [6.45, 7) is 2.24. The number of aromatic hydroxyl groups is 1. The smallest absolute Gasteiger partial charge is 0.334 e. The summed E-state index contributed by atoms with van der Waals surface area (Å²) in [4.78, 5) is 12.8. The molecule has 1 aromatic rings. The maximum absolute atomic E-state index is 10.8. The van der Waals surface area contributed by atoms with Crippen LogP contribution in [0.2, 0.25) is 0 Å². The zero-order chi connectivity index (χ0) is 12.3. The summed E-state index contributed by atoms with van der Waals surface area (Å²) < 4.78 is 5.15. The van der Waals surface area contributed by atoms with Crippen LogP contribution >= 0.6 is 0 Å². The molecular weight excluding hydrogens is 222 g/mol. The molecule has 2 rings (SSSR count). The van der Waals surface area contributed by atoms with Gasteiger partial charge in [-0.25, -0.2) is 4.79 Å². The average molecular weight is 237 g/mol. The number of carbonyl (C=O) groups is 1. The van der Waals surface area contributed by atoms with Gasteiger partial charge in [-0.05, 0) is 17.7 Å². The number of phenolic OH excluding ortho intramolecular Hbond substituents is 1. The molecule has 1 aliphatic heterocycles. The lowest BCUT2D eigenvalue weighted by molar-refractivity contribution is -0.156. The molecule has 5 heteroatoms. The predicted molar refractivity (Wildman–Crippen MR) is 60.8 cm³/mol. The molecule has 1 saturated heterocycles. The molecule has 0 saturated carbocycles.